The van der Waals surface area contributed by atoms with Crippen LogP contribution in [0.2, 0.25) is 0 Å². The lowest BCUT2D eigenvalue weighted by Gasteiger charge is -2.44. The van der Waals surface area contributed by atoms with E-state index in [-0.39, 0.29) is 18.6 Å². The quantitative estimate of drug-likeness (QED) is 0.495. The minimum Gasteiger partial charge on any atom is -0.481 e. The summed E-state index contributed by atoms with van der Waals surface area (Å²) < 4.78 is 6.49. The maximum atomic E-state index is 12.5. The van der Waals surface area contributed by atoms with Crippen molar-refractivity contribution in [3.05, 3.63) is 94.0 Å². The molecule has 0 aromatic heterocycles. The van der Waals surface area contributed by atoms with Gasteiger partial charge in [-0.05, 0) is 52.8 Å². The van der Waals surface area contributed by atoms with E-state index in [1.165, 1.54) is 11.1 Å². The van der Waals surface area contributed by atoms with Gasteiger partial charge in [0.2, 0.25) is 0 Å². The lowest BCUT2D eigenvalue weighted by atomic mass is 9.61. The number of carboxylic acid groups (broad SMARTS) is 1. The van der Waals surface area contributed by atoms with Crippen molar-refractivity contribution >= 4 is 28.0 Å². The SMILES string of the molecule is O=C(NC1CC(C(=O)O)(c2ccc(Br)cc2)C1)OCC1c2ccccc2-c2ccccc21. The molecule has 3 aromatic rings. The van der Waals surface area contributed by atoms with Crippen molar-refractivity contribution in [3.8, 4) is 11.1 Å². The maximum Gasteiger partial charge on any atom is 0.407 e. The van der Waals surface area contributed by atoms with E-state index in [9.17, 15) is 14.7 Å². The van der Waals surface area contributed by atoms with Crippen LogP contribution in [-0.2, 0) is 14.9 Å². The van der Waals surface area contributed by atoms with Crippen LogP contribution in [-0.4, -0.2) is 29.8 Å². The van der Waals surface area contributed by atoms with E-state index >= 15 is 0 Å². The molecule has 2 N–H and O–H groups in total. The highest BCUT2D eigenvalue weighted by molar-refractivity contribution is 9.10. The fourth-order valence-electron chi connectivity index (χ4n) is 4.99. The Kier molecular flexibility index (Phi) is 5.25. The van der Waals surface area contributed by atoms with Crippen LogP contribution in [0.25, 0.3) is 11.1 Å². The van der Waals surface area contributed by atoms with Gasteiger partial charge in [-0.25, -0.2) is 4.79 Å². The van der Waals surface area contributed by atoms with Crippen molar-refractivity contribution in [1.82, 2.24) is 5.32 Å². The number of carbonyl (C=O) groups excluding carboxylic acids is 1. The van der Waals surface area contributed by atoms with Gasteiger partial charge in [0.05, 0.1) is 5.41 Å². The van der Waals surface area contributed by atoms with Crippen LogP contribution < -0.4 is 5.32 Å². The topological polar surface area (TPSA) is 75.6 Å². The molecule has 0 aliphatic heterocycles. The van der Waals surface area contributed by atoms with Crippen molar-refractivity contribution in [1.29, 1.82) is 0 Å². The summed E-state index contributed by atoms with van der Waals surface area (Å²) in [6.45, 7) is 0.239. The van der Waals surface area contributed by atoms with Crippen LogP contribution in [0.15, 0.2) is 77.3 Å². The molecule has 0 saturated heterocycles. The zero-order chi connectivity index (χ0) is 22.3. The van der Waals surface area contributed by atoms with Crippen LogP contribution in [0.4, 0.5) is 4.79 Å². The molecule has 5 nitrogen and oxygen atoms in total. The second-order valence-corrected chi connectivity index (χ2v) is 9.38. The third kappa shape index (κ3) is 3.48. The van der Waals surface area contributed by atoms with Gasteiger partial charge in [0.25, 0.3) is 0 Å². The van der Waals surface area contributed by atoms with E-state index < -0.39 is 17.5 Å². The molecule has 5 rings (SSSR count). The molecule has 1 fully saturated rings. The number of hydrogen-bond acceptors (Lipinski definition) is 3. The molecule has 32 heavy (non-hydrogen) atoms. The maximum absolute atomic E-state index is 12.5. The number of aliphatic carboxylic acids is 1. The minimum atomic E-state index is -0.970. The molecule has 0 heterocycles. The monoisotopic (exact) mass is 491 g/mol. The van der Waals surface area contributed by atoms with Gasteiger partial charge in [0.1, 0.15) is 6.61 Å². The highest BCUT2D eigenvalue weighted by Crippen LogP contribution is 2.46. The number of hydrogen-bond donors (Lipinski definition) is 2. The number of alkyl carbamates (subject to hydrolysis) is 1. The third-order valence-corrected chi connectivity index (χ3v) is 7.19. The van der Waals surface area contributed by atoms with Gasteiger partial charge < -0.3 is 15.2 Å². The molecule has 0 atom stereocenters. The van der Waals surface area contributed by atoms with Crippen LogP contribution in [0, 0.1) is 0 Å². The summed E-state index contributed by atoms with van der Waals surface area (Å²) in [6.07, 6.45) is 0.175. The molecule has 0 bridgehead atoms. The summed E-state index contributed by atoms with van der Waals surface area (Å²) >= 11 is 3.38. The van der Waals surface area contributed by atoms with Crippen LogP contribution in [0.5, 0.6) is 0 Å². The predicted octanol–water partition coefficient (Wildman–Crippen LogP) is 5.47. The average molecular weight is 492 g/mol. The molecule has 1 saturated carbocycles. The normalized spacial score (nSPS) is 21.2. The Labute approximate surface area is 194 Å². The van der Waals surface area contributed by atoms with Crippen LogP contribution in [0.1, 0.15) is 35.4 Å². The number of benzene rings is 3. The summed E-state index contributed by atoms with van der Waals surface area (Å²) in [5.41, 5.74) is 4.45. The third-order valence-electron chi connectivity index (χ3n) is 6.66. The van der Waals surface area contributed by atoms with Crippen LogP contribution in [0.3, 0.4) is 0 Å². The van der Waals surface area contributed by atoms with E-state index in [0.29, 0.717) is 12.8 Å². The Morgan fingerprint density at radius 2 is 1.50 bits per heavy atom. The number of carbonyl (C=O) groups is 2. The molecule has 0 spiro atoms. The molecule has 0 radical (unpaired) electrons. The number of rotatable bonds is 5. The summed E-state index contributed by atoms with van der Waals surface area (Å²) in [5, 5.41) is 12.7. The van der Waals surface area contributed by atoms with E-state index in [2.05, 4.69) is 45.5 Å². The molecular formula is C26H22BrNO4. The average Bonchev–Trinajstić information content (AvgIpc) is 3.09. The van der Waals surface area contributed by atoms with Gasteiger partial charge >= 0.3 is 12.1 Å². The molecule has 2 aliphatic rings. The Balaban J connectivity index is 1.22. The van der Waals surface area contributed by atoms with Gasteiger partial charge in [-0.1, -0.05) is 76.6 Å². The molecule has 0 unspecified atom stereocenters. The molecule has 3 aromatic carbocycles. The highest BCUT2D eigenvalue weighted by Gasteiger charge is 2.52. The number of fused-ring (bicyclic) bond motifs is 3. The van der Waals surface area contributed by atoms with Gasteiger partial charge in [-0.2, -0.15) is 0 Å². The van der Waals surface area contributed by atoms with Crippen LogP contribution >= 0.6 is 15.9 Å². The lowest BCUT2D eigenvalue weighted by Crippen LogP contribution is -2.57. The molecule has 2 aliphatic carbocycles. The largest absolute Gasteiger partial charge is 0.481 e. The van der Waals surface area contributed by atoms with Gasteiger partial charge in [-0.15, -0.1) is 0 Å². The molecule has 162 valence electrons. The van der Waals surface area contributed by atoms with Gasteiger partial charge in [-0.3, -0.25) is 4.79 Å². The number of ether oxygens (including phenoxy) is 1. The summed E-state index contributed by atoms with van der Waals surface area (Å²) in [4.78, 5) is 24.5. The Morgan fingerprint density at radius 3 is 2.06 bits per heavy atom. The van der Waals surface area contributed by atoms with Crippen molar-refractivity contribution < 1.29 is 19.4 Å². The number of halogens is 1. The first kappa shape index (κ1) is 20.8. The smallest absolute Gasteiger partial charge is 0.407 e. The van der Waals surface area contributed by atoms with E-state index in [1.807, 2.05) is 48.5 Å². The zero-order valence-corrected chi connectivity index (χ0v) is 18.8. The van der Waals surface area contributed by atoms with Gasteiger partial charge in [0.15, 0.2) is 0 Å². The number of carboxylic acids is 1. The Morgan fingerprint density at radius 1 is 0.938 bits per heavy atom. The Hall–Kier alpha value is -3.12. The number of amides is 1. The van der Waals surface area contributed by atoms with Gasteiger partial charge in [0, 0.05) is 16.4 Å². The first-order valence-electron chi connectivity index (χ1n) is 10.6. The van der Waals surface area contributed by atoms with E-state index in [1.54, 1.807) is 0 Å². The first-order chi connectivity index (χ1) is 15.5. The summed E-state index contributed by atoms with van der Waals surface area (Å²) in [5.74, 6) is -0.874. The molecular weight excluding hydrogens is 470 g/mol. The minimum absolute atomic E-state index is 0.00424. The lowest BCUT2D eigenvalue weighted by molar-refractivity contribution is -0.148. The second kappa shape index (κ2) is 8.10. The molecule has 6 heteroatoms. The van der Waals surface area contributed by atoms with E-state index in [0.717, 1.165) is 21.2 Å². The highest BCUT2D eigenvalue weighted by atomic mass is 79.9. The molecule has 1 amide bonds. The Bertz CT molecular complexity index is 1140. The predicted molar refractivity (Wildman–Crippen MR) is 125 cm³/mol. The fourth-order valence-corrected chi connectivity index (χ4v) is 5.26. The second-order valence-electron chi connectivity index (χ2n) is 8.47. The first-order valence-corrected chi connectivity index (χ1v) is 11.4. The van der Waals surface area contributed by atoms with Crippen molar-refractivity contribution in [3.63, 3.8) is 0 Å². The standard InChI is InChI=1S/C26H22BrNO4/c27-17-11-9-16(10-12-17)26(24(29)30)13-18(14-26)28-25(31)32-15-23-21-7-3-1-5-19(21)20-6-2-4-8-22(20)23/h1-12,18,23H,13-15H2,(H,28,31)(H,29,30). The van der Waals surface area contributed by atoms with Crippen molar-refractivity contribution in [2.75, 3.05) is 6.61 Å². The van der Waals surface area contributed by atoms with Crippen molar-refractivity contribution in [2.45, 2.75) is 30.2 Å². The zero-order valence-electron chi connectivity index (χ0n) is 17.3. The summed E-state index contributed by atoms with van der Waals surface area (Å²) in [6, 6.07) is 23.5. The number of nitrogens with one attached hydrogen (secondary N) is 1. The van der Waals surface area contributed by atoms with Crippen molar-refractivity contribution in [2.24, 2.45) is 0 Å². The summed E-state index contributed by atoms with van der Waals surface area (Å²) in [7, 11) is 0. The van der Waals surface area contributed by atoms with E-state index in [4.69, 9.17) is 4.74 Å². The fraction of sp³-hybridized carbons (Fsp3) is 0.231.